The Morgan fingerprint density at radius 3 is 1.54 bits per heavy atom. The number of hydrogen-bond acceptors (Lipinski definition) is 2. The van der Waals surface area contributed by atoms with Gasteiger partial charge in [0, 0.05) is 23.7 Å². The van der Waals surface area contributed by atoms with E-state index in [9.17, 15) is 0 Å². The predicted octanol–water partition coefficient (Wildman–Crippen LogP) is 5.71. The molecular weight excluding hydrogens is 292 g/mol. The van der Waals surface area contributed by atoms with Gasteiger partial charge in [0.2, 0.25) is 0 Å². The molecule has 1 fully saturated rings. The zero-order valence-corrected chi connectivity index (χ0v) is 18.8. The quantitative estimate of drug-likeness (QED) is 0.608. The average Bonchev–Trinajstić information content (AvgIpc) is 2.20. The molecule has 2 nitrogen and oxygen atoms in total. The number of nitrogens with one attached hydrogen (secondary N) is 1. The van der Waals surface area contributed by atoms with E-state index < -0.39 is 0 Å². The first-order valence-corrected chi connectivity index (χ1v) is 9.99. The fourth-order valence-corrected chi connectivity index (χ4v) is 4.59. The van der Waals surface area contributed by atoms with Crippen molar-refractivity contribution in [3.05, 3.63) is 0 Å². The molecule has 144 valence electrons. The lowest BCUT2D eigenvalue weighted by atomic mass is 9.68. The Bertz CT molecular complexity index is 358. The molecule has 1 N–H and O–H groups in total. The largest absolute Gasteiger partial charge is 0.312 e. The van der Waals surface area contributed by atoms with Crippen molar-refractivity contribution in [1.82, 2.24) is 10.2 Å². The summed E-state index contributed by atoms with van der Waals surface area (Å²) in [6.07, 6.45) is 2.54. The molecule has 0 bridgehead atoms. The van der Waals surface area contributed by atoms with Crippen LogP contribution >= 0.6 is 0 Å². The summed E-state index contributed by atoms with van der Waals surface area (Å²) in [6.45, 7) is 30.1. The van der Waals surface area contributed by atoms with E-state index in [-0.39, 0.29) is 21.8 Å². The van der Waals surface area contributed by atoms with E-state index in [2.05, 4.69) is 93.3 Å². The second kappa shape index (κ2) is 6.91. The predicted molar refractivity (Wildman–Crippen MR) is 109 cm³/mol. The van der Waals surface area contributed by atoms with E-state index in [1.54, 1.807) is 0 Å². The van der Waals surface area contributed by atoms with E-state index in [4.69, 9.17) is 0 Å². The van der Waals surface area contributed by atoms with Crippen LogP contribution in [0.4, 0.5) is 0 Å². The first-order valence-electron chi connectivity index (χ1n) is 9.99. The summed E-state index contributed by atoms with van der Waals surface area (Å²) in [5, 5.41) is 3.95. The Labute approximate surface area is 153 Å². The van der Waals surface area contributed by atoms with Crippen LogP contribution in [-0.2, 0) is 0 Å². The Balaban J connectivity index is 3.57. The number of rotatable bonds is 0. The molecule has 3 unspecified atom stereocenters. The summed E-state index contributed by atoms with van der Waals surface area (Å²) in [5.41, 5.74) is 0.898. The first kappa shape index (κ1) is 22.0. The monoisotopic (exact) mass is 338 g/mol. The van der Waals surface area contributed by atoms with Gasteiger partial charge in [0.1, 0.15) is 0 Å². The SMILES string of the molecule is CC(C)(C)C1NCCCC(C(C)(C)C)N(C(C)(C)C)C1C(C)(C)C. The Morgan fingerprint density at radius 1 is 0.708 bits per heavy atom. The van der Waals surface area contributed by atoms with Crippen LogP contribution in [0.15, 0.2) is 0 Å². The molecule has 1 aliphatic heterocycles. The van der Waals surface area contributed by atoms with Crippen molar-refractivity contribution in [3.8, 4) is 0 Å². The van der Waals surface area contributed by atoms with Crippen molar-refractivity contribution in [2.24, 2.45) is 16.2 Å². The molecule has 0 aromatic heterocycles. The third kappa shape index (κ3) is 5.21. The molecule has 1 saturated heterocycles. The van der Waals surface area contributed by atoms with Gasteiger partial charge in [-0.15, -0.1) is 0 Å². The normalized spacial score (nSPS) is 29.2. The molecule has 0 radical (unpaired) electrons. The van der Waals surface area contributed by atoms with E-state index in [1.807, 2.05) is 0 Å². The van der Waals surface area contributed by atoms with Crippen LogP contribution in [-0.4, -0.2) is 35.1 Å². The van der Waals surface area contributed by atoms with Gasteiger partial charge in [-0.25, -0.2) is 0 Å². The molecule has 0 aliphatic carbocycles. The van der Waals surface area contributed by atoms with E-state index in [0.29, 0.717) is 18.1 Å². The smallest absolute Gasteiger partial charge is 0.0311 e. The summed E-state index contributed by atoms with van der Waals surface area (Å²) < 4.78 is 0. The Morgan fingerprint density at radius 2 is 1.21 bits per heavy atom. The molecule has 0 aromatic rings. The molecule has 1 aliphatic rings. The molecule has 24 heavy (non-hydrogen) atoms. The van der Waals surface area contributed by atoms with Gasteiger partial charge in [-0.05, 0) is 56.4 Å². The second-order valence-corrected chi connectivity index (χ2v) is 12.2. The average molecular weight is 339 g/mol. The minimum atomic E-state index is 0.151. The minimum Gasteiger partial charge on any atom is -0.312 e. The van der Waals surface area contributed by atoms with Crippen molar-refractivity contribution in [3.63, 3.8) is 0 Å². The van der Waals surface area contributed by atoms with Crippen LogP contribution in [0.3, 0.4) is 0 Å². The van der Waals surface area contributed by atoms with Crippen molar-refractivity contribution in [2.45, 2.75) is 120 Å². The lowest BCUT2D eigenvalue weighted by molar-refractivity contribution is -0.0899. The highest BCUT2D eigenvalue weighted by molar-refractivity contribution is 5.05. The van der Waals surface area contributed by atoms with Gasteiger partial charge in [0.05, 0.1) is 0 Å². The Kier molecular flexibility index (Phi) is 6.32. The van der Waals surface area contributed by atoms with E-state index in [1.165, 1.54) is 12.8 Å². The van der Waals surface area contributed by atoms with Crippen molar-refractivity contribution in [1.29, 1.82) is 0 Å². The maximum absolute atomic E-state index is 3.95. The van der Waals surface area contributed by atoms with Crippen LogP contribution in [0.2, 0.25) is 0 Å². The maximum Gasteiger partial charge on any atom is 0.0311 e. The highest BCUT2D eigenvalue weighted by Gasteiger charge is 2.50. The molecular formula is C22H46N2. The third-order valence-electron chi connectivity index (χ3n) is 5.56. The van der Waals surface area contributed by atoms with Crippen LogP contribution in [0.1, 0.15) is 95.9 Å². The van der Waals surface area contributed by atoms with Crippen LogP contribution in [0.25, 0.3) is 0 Å². The van der Waals surface area contributed by atoms with Crippen LogP contribution in [0, 0.1) is 16.2 Å². The fraction of sp³-hybridized carbons (Fsp3) is 1.00. The minimum absolute atomic E-state index is 0.151. The van der Waals surface area contributed by atoms with Crippen molar-refractivity contribution >= 4 is 0 Å². The highest BCUT2D eigenvalue weighted by Crippen LogP contribution is 2.44. The standard InChI is InChI=1S/C22H46N2/c1-19(2,3)16-14-13-15-23-17(20(4,5)6)18(21(7,8)9)24(16)22(10,11)12/h16-18,23H,13-15H2,1-12H3. The Hall–Kier alpha value is -0.0800. The van der Waals surface area contributed by atoms with Gasteiger partial charge in [0.25, 0.3) is 0 Å². The van der Waals surface area contributed by atoms with Gasteiger partial charge >= 0.3 is 0 Å². The highest BCUT2D eigenvalue weighted by atomic mass is 15.3. The molecule has 0 amide bonds. The molecule has 0 saturated carbocycles. The first-order chi connectivity index (χ1) is 10.5. The summed E-state index contributed by atoms with van der Waals surface area (Å²) >= 11 is 0. The number of nitrogens with zero attached hydrogens (tertiary/aromatic N) is 1. The lowest BCUT2D eigenvalue weighted by Gasteiger charge is -2.59. The zero-order chi connectivity index (χ0) is 19.1. The van der Waals surface area contributed by atoms with E-state index >= 15 is 0 Å². The third-order valence-corrected chi connectivity index (χ3v) is 5.56. The van der Waals surface area contributed by atoms with Gasteiger partial charge in [-0.1, -0.05) is 62.3 Å². The lowest BCUT2D eigenvalue weighted by Crippen LogP contribution is -2.69. The zero-order valence-electron chi connectivity index (χ0n) is 18.8. The van der Waals surface area contributed by atoms with Crippen LogP contribution in [0.5, 0.6) is 0 Å². The maximum atomic E-state index is 3.95. The van der Waals surface area contributed by atoms with Gasteiger partial charge < -0.3 is 5.32 Å². The van der Waals surface area contributed by atoms with Gasteiger partial charge in [-0.2, -0.15) is 0 Å². The topological polar surface area (TPSA) is 15.3 Å². The second-order valence-electron chi connectivity index (χ2n) is 12.2. The van der Waals surface area contributed by atoms with Gasteiger partial charge in [0.15, 0.2) is 0 Å². The molecule has 0 spiro atoms. The van der Waals surface area contributed by atoms with Crippen LogP contribution < -0.4 is 5.32 Å². The van der Waals surface area contributed by atoms with E-state index in [0.717, 1.165) is 6.54 Å². The van der Waals surface area contributed by atoms with Gasteiger partial charge in [-0.3, -0.25) is 4.90 Å². The molecule has 3 atom stereocenters. The summed E-state index contributed by atoms with van der Waals surface area (Å²) in [7, 11) is 0. The molecule has 2 heteroatoms. The van der Waals surface area contributed by atoms with Crippen molar-refractivity contribution < 1.29 is 0 Å². The summed E-state index contributed by atoms with van der Waals surface area (Å²) in [4.78, 5) is 2.88. The summed E-state index contributed by atoms with van der Waals surface area (Å²) in [6, 6.07) is 1.59. The number of hydrogen-bond donors (Lipinski definition) is 1. The fourth-order valence-electron chi connectivity index (χ4n) is 4.59. The summed E-state index contributed by atoms with van der Waals surface area (Å²) in [5.74, 6) is 0. The molecule has 1 heterocycles. The molecule has 0 aromatic carbocycles. The molecule has 1 rings (SSSR count). The van der Waals surface area contributed by atoms with Crippen molar-refractivity contribution in [2.75, 3.05) is 6.54 Å².